The molecule has 1 heterocycles. The monoisotopic (exact) mass is 260 g/mol. The molecule has 6 heteroatoms. The van der Waals surface area contributed by atoms with Gasteiger partial charge in [-0.25, -0.2) is 0 Å². The molecule has 0 aliphatic heterocycles. The first-order valence-corrected chi connectivity index (χ1v) is 5.79. The highest BCUT2D eigenvalue weighted by atomic mass is 16.5. The summed E-state index contributed by atoms with van der Waals surface area (Å²) >= 11 is 0. The van der Waals surface area contributed by atoms with E-state index in [2.05, 4.69) is 10.3 Å². The van der Waals surface area contributed by atoms with Crippen molar-refractivity contribution < 1.29 is 9.94 Å². The minimum Gasteiger partial charge on any atom is -0.496 e. The number of methoxy groups -OCH3 is 1. The normalized spacial score (nSPS) is 11.6. The third-order valence-electron chi connectivity index (χ3n) is 2.93. The van der Waals surface area contributed by atoms with Crippen LogP contribution in [0.15, 0.2) is 35.6 Å². The number of hydrogen-bond donors (Lipinski definition) is 2. The van der Waals surface area contributed by atoms with Gasteiger partial charge in [-0.05, 0) is 31.2 Å². The molecule has 0 radical (unpaired) electrons. The number of nitrogens with zero attached hydrogens (tertiary/aromatic N) is 3. The number of benzene rings is 1. The molecule has 0 atom stereocenters. The number of nitrogens with two attached hydrogens (primary N) is 1. The van der Waals surface area contributed by atoms with Gasteiger partial charge in [-0.3, -0.25) is 4.68 Å². The summed E-state index contributed by atoms with van der Waals surface area (Å²) in [6, 6.07) is 7.30. The van der Waals surface area contributed by atoms with E-state index in [0.717, 1.165) is 17.0 Å². The van der Waals surface area contributed by atoms with Crippen LogP contribution in [0.2, 0.25) is 0 Å². The van der Waals surface area contributed by atoms with Gasteiger partial charge in [0.05, 0.1) is 13.7 Å². The Balaban J connectivity index is 2.39. The molecule has 19 heavy (non-hydrogen) atoms. The van der Waals surface area contributed by atoms with Gasteiger partial charge >= 0.3 is 0 Å². The Bertz CT molecular complexity index is 604. The lowest BCUT2D eigenvalue weighted by atomic mass is 10.1. The van der Waals surface area contributed by atoms with Crippen LogP contribution in [0.1, 0.15) is 16.8 Å². The maximum atomic E-state index is 8.72. The lowest BCUT2D eigenvalue weighted by Crippen LogP contribution is -2.14. The van der Waals surface area contributed by atoms with Gasteiger partial charge in [-0.15, -0.1) is 0 Å². The molecule has 0 fully saturated rings. The summed E-state index contributed by atoms with van der Waals surface area (Å²) in [5.41, 5.74) is 8.20. The van der Waals surface area contributed by atoms with Crippen LogP contribution in [0.4, 0.5) is 0 Å². The van der Waals surface area contributed by atoms with Gasteiger partial charge < -0.3 is 15.7 Å². The second-order valence-electron chi connectivity index (χ2n) is 4.14. The molecule has 0 bridgehead atoms. The van der Waals surface area contributed by atoms with Crippen molar-refractivity contribution in [2.24, 2.45) is 10.9 Å². The van der Waals surface area contributed by atoms with E-state index in [0.29, 0.717) is 12.1 Å². The largest absolute Gasteiger partial charge is 0.496 e. The number of aromatic nitrogens is 2. The minimum absolute atomic E-state index is 0.0705. The van der Waals surface area contributed by atoms with Gasteiger partial charge in [0.15, 0.2) is 5.84 Å². The Hall–Kier alpha value is -2.50. The Morgan fingerprint density at radius 2 is 2.26 bits per heavy atom. The quantitative estimate of drug-likeness (QED) is 0.376. The zero-order valence-electron chi connectivity index (χ0n) is 10.9. The number of ether oxygens (including phenoxy) is 1. The molecule has 0 spiro atoms. The molecule has 0 unspecified atom stereocenters. The fourth-order valence-electron chi connectivity index (χ4n) is 1.84. The summed E-state index contributed by atoms with van der Waals surface area (Å²) in [4.78, 5) is 0. The SMILES string of the molecule is COc1ccc(/C(N)=N/O)cc1Cn1nccc1C. The molecule has 2 rings (SSSR count). The molecule has 6 nitrogen and oxygen atoms in total. The Morgan fingerprint density at radius 1 is 1.47 bits per heavy atom. The van der Waals surface area contributed by atoms with E-state index < -0.39 is 0 Å². The zero-order chi connectivity index (χ0) is 13.8. The van der Waals surface area contributed by atoms with E-state index >= 15 is 0 Å². The first-order chi connectivity index (χ1) is 9.15. The Labute approximate surface area is 111 Å². The molecule has 100 valence electrons. The molecular weight excluding hydrogens is 244 g/mol. The standard InChI is InChI=1S/C13H16N4O2/c1-9-5-6-15-17(9)8-11-7-10(13(14)16-18)3-4-12(11)19-2/h3-7,18H,8H2,1-2H3,(H2,14,16). The van der Waals surface area contributed by atoms with Gasteiger partial charge in [0.1, 0.15) is 5.75 Å². The first-order valence-electron chi connectivity index (χ1n) is 5.79. The highest BCUT2D eigenvalue weighted by Crippen LogP contribution is 2.21. The van der Waals surface area contributed by atoms with Crippen LogP contribution in [-0.2, 0) is 6.54 Å². The smallest absolute Gasteiger partial charge is 0.170 e. The van der Waals surface area contributed by atoms with Crippen LogP contribution >= 0.6 is 0 Å². The van der Waals surface area contributed by atoms with Gasteiger partial charge in [0, 0.05) is 23.0 Å². The van der Waals surface area contributed by atoms with E-state index in [-0.39, 0.29) is 5.84 Å². The summed E-state index contributed by atoms with van der Waals surface area (Å²) in [6.07, 6.45) is 1.75. The number of aryl methyl sites for hydroxylation is 1. The van der Waals surface area contributed by atoms with Crippen molar-refractivity contribution in [1.82, 2.24) is 9.78 Å². The van der Waals surface area contributed by atoms with Crippen molar-refractivity contribution in [3.8, 4) is 5.75 Å². The van der Waals surface area contributed by atoms with Crippen molar-refractivity contribution in [1.29, 1.82) is 0 Å². The fraction of sp³-hybridized carbons (Fsp3) is 0.231. The second kappa shape index (κ2) is 5.43. The van der Waals surface area contributed by atoms with Crippen molar-refractivity contribution >= 4 is 5.84 Å². The zero-order valence-corrected chi connectivity index (χ0v) is 10.9. The van der Waals surface area contributed by atoms with E-state index in [9.17, 15) is 0 Å². The lowest BCUT2D eigenvalue weighted by molar-refractivity contribution is 0.318. The molecule has 0 aliphatic carbocycles. The van der Waals surface area contributed by atoms with Gasteiger partial charge in [-0.1, -0.05) is 5.16 Å². The van der Waals surface area contributed by atoms with Gasteiger partial charge in [0.25, 0.3) is 0 Å². The maximum absolute atomic E-state index is 8.72. The maximum Gasteiger partial charge on any atom is 0.170 e. The minimum atomic E-state index is 0.0705. The molecule has 2 aromatic rings. The molecule has 0 saturated heterocycles. The molecule has 0 aliphatic rings. The summed E-state index contributed by atoms with van der Waals surface area (Å²) < 4.78 is 7.17. The highest BCUT2D eigenvalue weighted by molar-refractivity contribution is 5.97. The first kappa shape index (κ1) is 12.9. The van der Waals surface area contributed by atoms with E-state index in [4.69, 9.17) is 15.7 Å². The van der Waals surface area contributed by atoms with Crippen LogP contribution in [-0.4, -0.2) is 27.9 Å². The molecule has 0 amide bonds. The van der Waals surface area contributed by atoms with Crippen LogP contribution in [0.5, 0.6) is 5.75 Å². The number of rotatable bonds is 4. The predicted octanol–water partition coefficient (Wildman–Crippen LogP) is 1.34. The molecule has 0 saturated carbocycles. The van der Waals surface area contributed by atoms with Crippen molar-refractivity contribution in [3.05, 3.63) is 47.3 Å². The third kappa shape index (κ3) is 2.67. The number of hydrogen-bond acceptors (Lipinski definition) is 4. The third-order valence-corrected chi connectivity index (χ3v) is 2.93. The number of oxime groups is 1. The number of amidine groups is 1. The summed E-state index contributed by atoms with van der Waals surface area (Å²) in [5, 5.41) is 16.0. The Morgan fingerprint density at radius 3 is 2.84 bits per heavy atom. The average Bonchev–Trinajstić information content (AvgIpc) is 2.83. The van der Waals surface area contributed by atoms with E-state index in [1.807, 2.05) is 23.7 Å². The van der Waals surface area contributed by atoms with Crippen molar-refractivity contribution in [2.75, 3.05) is 7.11 Å². The van der Waals surface area contributed by atoms with Crippen molar-refractivity contribution in [2.45, 2.75) is 13.5 Å². The van der Waals surface area contributed by atoms with Crippen LogP contribution in [0.25, 0.3) is 0 Å². The van der Waals surface area contributed by atoms with E-state index in [1.165, 1.54) is 0 Å². The van der Waals surface area contributed by atoms with Crippen LogP contribution < -0.4 is 10.5 Å². The molecule has 1 aromatic heterocycles. The van der Waals surface area contributed by atoms with Crippen LogP contribution in [0.3, 0.4) is 0 Å². The Kier molecular flexibility index (Phi) is 3.70. The molecule has 3 N–H and O–H groups in total. The predicted molar refractivity (Wildman–Crippen MR) is 71.6 cm³/mol. The molecular formula is C13H16N4O2. The van der Waals surface area contributed by atoms with Gasteiger partial charge in [0.2, 0.25) is 0 Å². The highest BCUT2D eigenvalue weighted by Gasteiger charge is 2.09. The van der Waals surface area contributed by atoms with Crippen molar-refractivity contribution in [3.63, 3.8) is 0 Å². The fourth-order valence-corrected chi connectivity index (χ4v) is 1.84. The summed E-state index contributed by atoms with van der Waals surface area (Å²) in [7, 11) is 1.61. The topological polar surface area (TPSA) is 85.7 Å². The molecule has 1 aromatic carbocycles. The lowest BCUT2D eigenvalue weighted by Gasteiger charge is -2.11. The summed E-state index contributed by atoms with van der Waals surface area (Å²) in [5.74, 6) is 0.811. The second-order valence-corrected chi connectivity index (χ2v) is 4.14. The van der Waals surface area contributed by atoms with Crippen LogP contribution in [0, 0.1) is 6.92 Å². The van der Waals surface area contributed by atoms with Gasteiger partial charge in [-0.2, -0.15) is 5.10 Å². The average molecular weight is 260 g/mol. The van der Waals surface area contributed by atoms with E-state index in [1.54, 1.807) is 25.4 Å². The summed E-state index contributed by atoms with van der Waals surface area (Å²) in [6.45, 7) is 2.54.